The third-order valence-electron chi connectivity index (χ3n) is 4.01. The Morgan fingerprint density at radius 1 is 1.43 bits per heavy atom. The Labute approximate surface area is 136 Å². The highest BCUT2D eigenvalue weighted by Gasteiger charge is 2.40. The van der Waals surface area contributed by atoms with Gasteiger partial charge >= 0.3 is 5.97 Å². The molecular formula is C17H25N3O3. The third-order valence-corrected chi connectivity index (χ3v) is 4.01. The van der Waals surface area contributed by atoms with Crippen LogP contribution in [0.5, 0.6) is 0 Å². The number of hydrogen-bond acceptors (Lipinski definition) is 4. The van der Waals surface area contributed by atoms with Gasteiger partial charge in [-0.1, -0.05) is 20.8 Å². The highest BCUT2D eigenvalue weighted by atomic mass is 16.4. The van der Waals surface area contributed by atoms with Crippen LogP contribution in [0.25, 0.3) is 0 Å². The van der Waals surface area contributed by atoms with E-state index < -0.39 is 12.0 Å². The summed E-state index contributed by atoms with van der Waals surface area (Å²) in [7, 11) is 0. The van der Waals surface area contributed by atoms with E-state index in [1.54, 1.807) is 12.4 Å². The standard InChI is InChI=1S/C17H25N3O3/c1-17(2,3)10-14(16(22)23)20-9-6-13(15(20)21)19-11-12-4-7-18-8-5-12/h4-5,7-8,13-14,19H,6,9-11H2,1-3H3,(H,22,23)/t13-,14-/m0/s1. The molecule has 1 fully saturated rings. The summed E-state index contributed by atoms with van der Waals surface area (Å²) in [5.74, 6) is -1.04. The first-order chi connectivity index (χ1) is 10.8. The number of nitrogens with one attached hydrogen (secondary N) is 1. The van der Waals surface area contributed by atoms with E-state index in [1.807, 2.05) is 32.9 Å². The average Bonchev–Trinajstić information content (AvgIpc) is 2.83. The fourth-order valence-electron chi connectivity index (χ4n) is 2.85. The van der Waals surface area contributed by atoms with Crippen molar-refractivity contribution in [1.29, 1.82) is 0 Å². The molecule has 2 N–H and O–H groups in total. The Bertz CT molecular complexity index is 554. The molecule has 1 aliphatic rings. The lowest BCUT2D eigenvalue weighted by atomic mass is 9.87. The van der Waals surface area contributed by atoms with Crippen LogP contribution in [-0.4, -0.2) is 45.5 Å². The van der Waals surface area contributed by atoms with Gasteiger partial charge in [-0.05, 0) is 36.0 Å². The largest absolute Gasteiger partial charge is 0.480 e. The SMILES string of the molecule is CC(C)(C)C[C@@H](C(=O)O)N1CC[C@H](NCc2ccncc2)C1=O. The maximum atomic E-state index is 12.5. The molecule has 0 saturated carbocycles. The molecule has 0 radical (unpaired) electrons. The highest BCUT2D eigenvalue weighted by Crippen LogP contribution is 2.26. The van der Waals surface area contributed by atoms with Gasteiger partial charge in [0.15, 0.2) is 0 Å². The number of pyridine rings is 1. The predicted molar refractivity (Wildman–Crippen MR) is 86.7 cm³/mol. The first-order valence-electron chi connectivity index (χ1n) is 7.93. The summed E-state index contributed by atoms with van der Waals surface area (Å²) < 4.78 is 0. The van der Waals surface area contributed by atoms with Crippen LogP contribution in [0, 0.1) is 5.41 Å². The van der Waals surface area contributed by atoms with Gasteiger partial charge in [-0.25, -0.2) is 4.79 Å². The number of likely N-dealkylation sites (tertiary alicyclic amines) is 1. The van der Waals surface area contributed by atoms with Gasteiger partial charge in [0.05, 0.1) is 6.04 Å². The highest BCUT2D eigenvalue weighted by molar-refractivity contribution is 5.88. The molecule has 0 spiro atoms. The Morgan fingerprint density at radius 3 is 2.65 bits per heavy atom. The lowest BCUT2D eigenvalue weighted by molar-refractivity contribution is -0.150. The van der Waals surface area contributed by atoms with Crippen molar-refractivity contribution in [2.45, 2.75) is 52.2 Å². The minimum atomic E-state index is -0.928. The number of amides is 1. The summed E-state index contributed by atoms with van der Waals surface area (Å²) in [6.45, 7) is 7.03. The summed E-state index contributed by atoms with van der Waals surface area (Å²) in [5.41, 5.74) is 0.905. The Morgan fingerprint density at radius 2 is 2.09 bits per heavy atom. The van der Waals surface area contributed by atoms with E-state index in [9.17, 15) is 14.7 Å². The second kappa shape index (κ2) is 7.08. The van der Waals surface area contributed by atoms with Crippen molar-refractivity contribution in [3.63, 3.8) is 0 Å². The Balaban J connectivity index is 1.98. The van der Waals surface area contributed by atoms with Crippen molar-refractivity contribution in [2.24, 2.45) is 5.41 Å². The first kappa shape index (κ1) is 17.4. The maximum absolute atomic E-state index is 12.5. The van der Waals surface area contributed by atoms with E-state index in [2.05, 4.69) is 10.3 Å². The molecule has 0 aliphatic carbocycles. The number of carbonyl (C=O) groups is 2. The fraction of sp³-hybridized carbons (Fsp3) is 0.588. The Kier molecular flexibility index (Phi) is 5.36. The van der Waals surface area contributed by atoms with Crippen LogP contribution in [0.2, 0.25) is 0 Å². The third kappa shape index (κ3) is 4.76. The van der Waals surface area contributed by atoms with Crippen LogP contribution >= 0.6 is 0 Å². The molecule has 0 aromatic carbocycles. The molecule has 0 unspecified atom stereocenters. The minimum absolute atomic E-state index is 0.115. The van der Waals surface area contributed by atoms with E-state index >= 15 is 0 Å². The quantitative estimate of drug-likeness (QED) is 0.833. The predicted octanol–water partition coefficient (Wildman–Crippen LogP) is 1.66. The second-order valence-electron chi connectivity index (χ2n) is 7.23. The lowest BCUT2D eigenvalue weighted by Gasteiger charge is -2.30. The molecule has 1 aromatic rings. The zero-order valence-electron chi connectivity index (χ0n) is 14.0. The minimum Gasteiger partial charge on any atom is -0.480 e. The number of carboxylic acid groups (broad SMARTS) is 1. The molecule has 23 heavy (non-hydrogen) atoms. The zero-order valence-corrected chi connectivity index (χ0v) is 14.0. The molecule has 126 valence electrons. The van der Waals surface area contributed by atoms with E-state index in [-0.39, 0.29) is 17.4 Å². The van der Waals surface area contributed by atoms with Crippen LogP contribution in [0.4, 0.5) is 0 Å². The van der Waals surface area contributed by atoms with Crippen LogP contribution in [0.3, 0.4) is 0 Å². The van der Waals surface area contributed by atoms with Crippen LogP contribution in [0.15, 0.2) is 24.5 Å². The zero-order chi connectivity index (χ0) is 17.0. The smallest absolute Gasteiger partial charge is 0.326 e. The number of rotatable bonds is 6. The number of carboxylic acids is 1. The fourth-order valence-corrected chi connectivity index (χ4v) is 2.85. The van der Waals surface area contributed by atoms with Gasteiger partial charge in [-0.15, -0.1) is 0 Å². The van der Waals surface area contributed by atoms with Crippen LogP contribution < -0.4 is 5.32 Å². The van der Waals surface area contributed by atoms with E-state index in [4.69, 9.17) is 0 Å². The molecule has 6 heteroatoms. The molecule has 1 saturated heterocycles. The van der Waals surface area contributed by atoms with Crippen molar-refractivity contribution < 1.29 is 14.7 Å². The molecular weight excluding hydrogens is 294 g/mol. The van der Waals surface area contributed by atoms with Gasteiger partial charge in [0.25, 0.3) is 0 Å². The molecule has 2 rings (SSSR count). The molecule has 1 aromatic heterocycles. The number of aromatic nitrogens is 1. The lowest BCUT2D eigenvalue weighted by Crippen LogP contribution is -2.47. The van der Waals surface area contributed by atoms with Gasteiger partial charge < -0.3 is 15.3 Å². The molecule has 1 amide bonds. The van der Waals surface area contributed by atoms with Gasteiger partial charge in [0.1, 0.15) is 6.04 Å². The summed E-state index contributed by atoms with van der Waals surface area (Å²) in [4.78, 5) is 29.6. The van der Waals surface area contributed by atoms with Crippen molar-refractivity contribution in [3.8, 4) is 0 Å². The van der Waals surface area contributed by atoms with Gasteiger partial charge in [-0.3, -0.25) is 9.78 Å². The summed E-state index contributed by atoms with van der Waals surface area (Å²) in [6.07, 6.45) is 4.51. The molecule has 0 bridgehead atoms. The summed E-state index contributed by atoms with van der Waals surface area (Å²) in [6, 6.07) is 2.72. The number of hydrogen-bond donors (Lipinski definition) is 2. The molecule has 6 nitrogen and oxygen atoms in total. The Hall–Kier alpha value is -1.95. The summed E-state index contributed by atoms with van der Waals surface area (Å²) >= 11 is 0. The number of carbonyl (C=O) groups excluding carboxylic acids is 1. The molecule has 1 aliphatic heterocycles. The normalized spacial score (nSPS) is 19.9. The summed E-state index contributed by atoms with van der Waals surface area (Å²) in [5, 5.41) is 12.7. The van der Waals surface area contributed by atoms with E-state index in [0.29, 0.717) is 25.9 Å². The van der Waals surface area contributed by atoms with E-state index in [1.165, 1.54) is 4.90 Å². The second-order valence-corrected chi connectivity index (χ2v) is 7.23. The van der Waals surface area contributed by atoms with Crippen molar-refractivity contribution in [1.82, 2.24) is 15.2 Å². The molecule has 2 heterocycles. The monoisotopic (exact) mass is 319 g/mol. The van der Waals surface area contributed by atoms with Crippen LogP contribution in [0.1, 0.15) is 39.2 Å². The van der Waals surface area contributed by atoms with Crippen molar-refractivity contribution in [3.05, 3.63) is 30.1 Å². The maximum Gasteiger partial charge on any atom is 0.326 e. The van der Waals surface area contributed by atoms with Crippen molar-refractivity contribution in [2.75, 3.05) is 6.54 Å². The van der Waals surface area contributed by atoms with Crippen molar-refractivity contribution >= 4 is 11.9 Å². The first-order valence-corrected chi connectivity index (χ1v) is 7.93. The number of nitrogens with zero attached hydrogens (tertiary/aromatic N) is 2. The average molecular weight is 319 g/mol. The van der Waals surface area contributed by atoms with Crippen LogP contribution in [-0.2, 0) is 16.1 Å². The van der Waals surface area contributed by atoms with E-state index in [0.717, 1.165) is 5.56 Å². The topological polar surface area (TPSA) is 82.5 Å². The molecule has 2 atom stereocenters. The van der Waals surface area contributed by atoms with Gasteiger partial charge in [-0.2, -0.15) is 0 Å². The van der Waals surface area contributed by atoms with Gasteiger partial charge in [0.2, 0.25) is 5.91 Å². The number of aliphatic carboxylic acids is 1. The van der Waals surface area contributed by atoms with Gasteiger partial charge in [0, 0.05) is 25.5 Å².